The predicted octanol–water partition coefficient (Wildman–Crippen LogP) is 8.44. The van der Waals surface area contributed by atoms with Crippen LogP contribution in [0, 0.1) is 0 Å². The summed E-state index contributed by atoms with van der Waals surface area (Å²) in [6.07, 6.45) is 38.5. The van der Waals surface area contributed by atoms with Gasteiger partial charge in [0.2, 0.25) is 5.91 Å². The molecule has 44 heavy (non-hydrogen) atoms. The highest BCUT2D eigenvalue weighted by Gasteiger charge is 2.18. The van der Waals surface area contributed by atoms with Crippen LogP contribution in [0.4, 0.5) is 0 Å². The molecule has 2 atom stereocenters. The van der Waals surface area contributed by atoms with Gasteiger partial charge in [0.15, 0.2) is 0 Å². The van der Waals surface area contributed by atoms with Crippen molar-refractivity contribution < 1.29 is 24.2 Å². The molecule has 0 saturated carbocycles. The number of carbonyl (C=O) groups excluding carboxylic acids is 2. The molecule has 0 aliphatic heterocycles. The van der Waals surface area contributed by atoms with E-state index >= 15 is 0 Å². The van der Waals surface area contributed by atoms with Gasteiger partial charge in [0.05, 0.1) is 6.42 Å². The van der Waals surface area contributed by atoms with Crippen LogP contribution in [0.3, 0.4) is 0 Å². The second kappa shape index (κ2) is 31.2. The first-order valence-corrected chi connectivity index (χ1v) is 16.8. The van der Waals surface area contributed by atoms with Crippen LogP contribution < -0.4 is 11.1 Å². The van der Waals surface area contributed by atoms with E-state index in [0.717, 1.165) is 77.0 Å². The van der Waals surface area contributed by atoms with Crippen LogP contribution >= 0.6 is 0 Å². The van der Waals surface area contributed by atoms with Gasteiger partial charge in [0, 0.05) is 6.42 Å². The van der Waals surface area contributed by atoms with Gasteiger partial charge in [-0.3, -0.25) is 9.59 Å². The topological polar surface area (TPSA) is 119 Å². The van der Waals surface area contributed by atoms with Gasteiger partial charge in [0.25, 0.3) is 0 Å². The normalized spacial score (nSPS) is 13.7. The zero-order valence-electron chi connectivity index (χ0n) is 27.5. The standard InChI is InChI=1S/C37H60N2O5/c1-3-5-7-9-10-11-12-13-14-15-16-17-18-19-25-31-36(41)44-33(27-22-8-6-4-2)28-23-20-21-24-30-35(40)39-34(37(42)43)29-26-32-38/h5,7,10-11,13-14,16-17,19,22,25,27,33-34H,3-4,6,8-9,12,15,18,20-21,23-24,26,28-32,38H2,1-2H3,(H,39,40)(H,42,43)/b7-5-,11-10-,14-13-,17-16-,25-19-,27-22-. The fourth-order valence-electron chi connectivity index (χ4n) is 4.24. The summed E-state index contributed by atoms with van der Waals surface area (Å²) in [5.41, 5.74) is 5.45. The Balaban J connectivity index is 4.32. The van der Waals surface area contributed by atoms with Crippen LogP contribution in [0.1, 0.15) is 123 Å². The number of amides is 1. The smallest absolute Gasteiger partial charge is 0.326 e. The largest absolute Gasteiger partial charge is 0.480 e. The number of aliphatic carboxylic acids is 1. The first-order valence-electron chi connectivity index (χ1n) is 16.8. The SMILES string of the molecule is CC/C=C\C/C=C\C/C=C\C/C=C\C/C=C\CC(=O)OC(/C=C\CCCC)CCCCCCC(=O)NC(CCCN)C(=O)O. The summed E-state index contributed by atoms with van der Waals surface area (Å²) in [6, 6.07) is -0.879. The quantitative estimate of drug-likeness (QED) is 0.0463. The Hall–Kier alpha value is -3.19. The predicted molar refractivity (Wildman–Crippen MR) is 183 cm³/mol. The molecule has 1 amide bonds. The molecule has 0 aromatic heterocycles. The Morgan fingerprint density at radius 1 is 0.727 bits per heavy atom. The molecule has 7 nitrogen and oxygen atoms in total. The molecule has 0 aliphatic rings. The number of nitrogens with one attached hydrogen (secondary N) is 1. The first-order chi connectivity index (χ1) is 21.4. The summed E-state index contributed by atoms with van der Waals surface area (Å²) in [6.45, 7) is 4.69. The van der Waals surface area contributed by atoms with E-state index < -0.39 is 12.0 Å². The van der Waals surface area contributed by atoms with Gasteiger partial charge >= 0.3 is 11.9 Å². The summed E-state index contributed by atoms with van der Waals surface area (Å²) < 4.78 is 5.75. The second-order valence-corrected chi connectivity index (χ2v) is 10.9. The minimum absolute atomic E-state index is 0.226. The molecule has 4 N–H and O–H groups in total. The Morgan fingerprint density at radius 2 is 1.32 bits per heavy atom. The van der Waals surface area contributed by atoms with Gasteiger partial charge in [-0.15, -0.1) is 0 Å². The summed E-state index contributed by atoms with van der Waals surface area (Å²) in [7, 11) is 0. The van der Waals surface area contributed by atoms with Crippen molar-refractivity contribution in [2.45, 2.75) is 135 Å². The highest BCUT2D eigenvalue weighted by Crippen LogP contribution is 2.13. The van der Waals surface area contributed by atoms with Crippen molar-refractivity contribution in [3.63, 3.8) is 0 Å². The van der Waals surface area contributed by atoms with Crippen LogP contribution in [-0.4, -0.2) is 41.6 Å². The number of hydrogen-bond acceptors (Lipinski definition) is 5. The molecule has 0 spiro atoms. The average Bonchev–Trinajstić information content (AvgIpc) is 3.00. The number of nitrogens with two attached hydrogens (primary N) is 1. The fourth-order valence-corrected chi connectivity index (χ4v) is 4.24. The van der Waals surface area contributed by atoms with Crippen molar-refractivity contribution >= 4 is 17.8 Å². The zero-order chi connectivity index (χ0) is 32.5. The number of hydrogen-bond donors (Lipinski definition) is 3. The Bertz CT molecular complexity index is 917. The number of esters is 1. The average molecular weight is 613 g/mol. The number of allylic oxidation sites excluding steroid dienone is 10. The maximum atomic E-state index is 12.5. The lowest BCUT2D eigenvalue weighted by atomic mass is 10.1. The zero-order valence-corrected chi connectivity index (χ0v) is 27.5. The van der Waals surface area contributed by atoms with Crippen LogP contribution in [0.2, 0.25) is 0 Å². The number of carbonyl (C=O) groups is 3. The molecule has 0 heterocycles. The second-order valence-electron chi connectivity index (χ2n) is 10.9. The van der Waals surface area contributed by atoms with Crippen molar-refractivity contribution in [2.24, 2.45) is 5.73 Å². The fraction of sp³-hybridized carbons (Fsp3) is 0.595. The van der Waals surface area contributed by atoms with Gasteiger partial charge in [-0.1, -0.05) is 106 Å². The molecule has 0 aromatic rings. The molecule has 0 fully saturated rings. The van der Waals surface area contributed by atoms with E-state index in [0.29, 0.717) is 32.2 Å². The first kappa shape index (κ1) is 40.8. The molecular formula is C37H60N2O5. The van der Waals surface area contributed by atoms with Crippen molar-refractivity contribution in [3.05, 3.63) is 72.9 Å². The lowest BCUT2D eigenvalue weighted by molar-refractivity contribution is -0.146. The van der Waals surface area contributed by atoms with E-state index in [2.05, 4.69) is 73.8 Å². The van der Waals surface area contributed by atoms with Crippen molar-refractivity contribution in [2.75, 3.05) is 6.54 Å². The van der Waals surface area contributed by atoms with E-state index in [4.69, 9.17) is 10.5 Å². The number of carboxylic acids is 1. The van der Waals surface area contributed by atoms with E-state index in [1.165, 1.54) is 0 Å². The van der Waals surface area contributed by atoms with Crippen molar-refractivity contribution in [3.8, 4) is 0 Å². The molecule has 2 unspecified atom stereocenters. The summed E-state index contributed by atoms with van der Waals surface area (Å²) in [5, 5.41) is 11.8. The number of unbranched alkanes of at least 4 members (excludes halogenated alkanes) is 5. The third-order valence-corrected chi connectivity index (χ3v) is 6.77. The van der Waals surface area contributed by atoms with Crippen LogP contribution in [-0.2, 0) is 19.1 Å². The minimum Gasteiger partial charge on any atom is -0.480 e. The van der Waals surface area contributed by atoms with Crippen molar-refractivity contribution in [1.82, 2.24) is 5.32 Å². The molecule has 0 aromatic carbocycles. The maximum Gasteiger partial charge on any atom is 0.326 e. The van der Waals surface area contributed by atoms with Crippen LogP contribution in [0.5, 0.6) is 0 Å². The lowest BCUT2D eigenvalue weighted by Gasteiger charge is -2.15. The third-order valence-electron chi connectivity index (χ3n) is 6.77. The van der Waals surface area contributed by atoms with E-state index in [1.54, 1.807) is 0 Å². The molecule has 0 saturated heterocycles. The van der Waals surface area contributed by atoms with Crippen LogP contribution in [0.15, 0.2) is 72.9 Å². The van der Waals surface area contributed by atoms with Crippen LogP contribution in [0.25, 0.3) is 0 Å². The molecule has 7 heteroatoms. The van der Waals surface area contributed by atoms with Gasteiger partial charge in [-0.25, -0.2) is 4.79 Å². The van der Waals surface area contributed by atoms with E-state index in [1.807, 2.05) is 18.2 Å². The van der Waals surface area contributed by atoms with Gasteiger partial charge in [-0.2, -0.15) is 0 Å². The molecule has 0 bridgehead atoms. The van der Waals surface area contributed by atoms with Gasteiger partial charge in [-0.05, 0) is 83.2 Å². The van der Waals surface area contributed by atoms with Gasteiger partial charge in [0.1, 0.15) is 12.1 Å². The Labute approximate surface area is 267 Å². The molecule has 0 radical (unpaired) electrons. The summed E-state index contributed by atoms with van der Waals surface area (Å²) in [5.74, 6) is -1.49. The van der Waals surface area contributed by atoms with E-state index in [-0.39, 0.29) is 24.4 Å². The van der Waals surface area contributed by atoms with Crippen molar-refractivity contribution in [1.29, 1.82) is 0 Å². The Morgan fingerprint density at radius 3 is 1.89 bits per heavy atom. The third kappa shape index (κ3) is 27.6. The molecule has 248 valence electrons. The number of rotatable bonds is 28. The summed E-state index contributed by atoms with van der Waals surface area (Å²) in [4.78, 5) is 35.8. The van der Waals surface area contributed by atoms with E-state index in [9.17, 15) is 19.5 Å². The molecular weight excluding hydrogens is 552 g/mol. The number of ether oxygens (including phenoxy) is 1. The highest BCUT2D eigenvalue weighted by molar-refractivity contribution is 5.83. The minimum atomic E-state index is -1.03. The summed E-state index contributed by atoms with van der Waals surface area (Å²) >= 11 is 0. The molecule has 0 aliphatic carbocycles. The Kier molecular flexibility index (Phi) is 29.0. The number of carboxylic acid groups (broad SMARTS) is 1. The highest BCUT2D eigenvalue weighted by atomic mass is 16.5. The van der Waals surface area contributed by atoms with Gasteiger partial charge < -0.3 is 20.9 Å². The lowest BCUT2D eigenvalue weighted by Crippen LogP contribution is -2.40. The monoisotopic (exact) mass is 612 g/mol. The molecule has 0 rings (SSSR count). The maximum absolute atomic E-state index is 12.5.